The highest BCUT2D eigenvalue weighted by atomic mass is 79.9. The molecular formula is C15H13Br2N3O. The highest BCUT2D eigenvalue weighted by Gasteiger charge is 2.04. The van der Waals surface area contributed by atoms with Crippen LogP contribution in [0.5, 0.6) is 5.75 Å². The van der Waals surface area contributed by atoms with Crippen LogP contribution in [-0.4, -0.2) is 14.5 Å². The fourth-order valence-corrected chi connectivity index (χ4v) is 2.88. The molecule has 0 unspecified atom stereocenters. The predicted molar refractivity (Wildman–Crippen MR) is 89.2 cm³/mol. The molecule has 1 aromatic carbocycles. The van der Waals surface area contributed by atoms with Gasteiger partial charge < -0.3 is 14.8 Å². The molecule has 0 atom stereocenters. The van der Waals surface area contributed by atoms with Gasteiger partial charge in [0, 0.05) is 40.0 Å². The van der Waals surface area contributed by atoms with Crippen molar-refractivity contribution in [1.82, 2.24) is 14.7 Å². The number of halogens is 2. The van der Waals surface area contributed by atoms with Crippen LogP contribution < -0.4 is 5.32 Å². The van der Waals surface area contributed by atoms with Crippen LogP contribution in [0.1, 0.15) is 11.3 Å². The molecule has 3 rings (SSSR count). The molecule has 0 radical (unpaired) electrons. The number of phenols is 1. The lowest BCUT2D eigenvalue weighted by molar-refractivity contribution is 0.464. The van der Waals surface area contributed by atoms with Gasteiger partial charge in [0.05, 0.1) is 5.69 Å². The van der Waals surface area contributed by atoms with Gasteiger partial charge in [-0.25, -0.2) is 4.98 Å². The second-order valence-electron chi connectivity index (χ2n) is 4.72. The number of pyridine rings is 1. The summed E-state index contributed by atoms with van der Waals surface area (Å²) in [7, 11) is 0. The Kier molecular flexibility index (Phi) is 4.28. The van der Waals surface area contributed by atoms with E-state index in [1.165, 1.54) is 0 Å². The van der Waals surface area contributed by atoms with Crippen molar-refractivity contribution in [2.24, 2.45) is 0 Å². The third-order valence-corrected chi connectivity index (χ3v) is 4.09. The Labute approximate surface area is 139 Å². The average molecular weight is 411 g/mol. The lowest BCUT2D eigenvalue weighted by atomic mass is 10.2. The molecule has 0 amide bonds. The van der Waals surface area contributed by atoms with E-state index in [-0.39, 0.29) is 0 Å². The number of nitrogens with one attached hydrogen (secondary N) is 1. The van der Waals surface area contributed by atoms with Gasteiger partial charge in [-0.3, -0.25) is 0 Å². The van der Waals surface area contributed by atoms with Crippen molar-refractivity contribution in [2.45, 2.75) is 13.1 Å². The number of hydrogen-bond donors (Lipinski definition) is 2. The first-order valence-corrected chi connectivity index (χ1v) is 8.02. The Balaban J connectivity index is 1.67. The number of nitrogens with zero attached hydrogens (tertiary/aromatic N) is 2. The van der Waals surface area contributed by atoms with E-state index in [0.29, 0.717) is 18.8 Å². The summed E-state index contributed by atoms with van der Waals surface area (Å²) in [6.45, 7) is 1.23. The van der Waals surface area contributed by atoms with Gasteiger partial charge in [0.25, 0.3) is 0 Å². The first kappa shape index (κ1) is 14.6. The quantitative estimate of drug-likeness (QED) is 0.686. The van der Waals surface area contributed by atoms with Gasteiger partial charge in [0.2, 0.25) is 0 Å². The summed E-state index contributed by atoms with van der Waals surface area (Å²) < 4.78 is 3.96. The largest absolute Gasteiger partial charge is 0.508 e. The van der Waals surface area contributed by atoms with Gasteiger partial charge in [-0.1, -0.05) is 15.9 Å². The highest BCUT2D eigenvalue weighted by Crippen LogP contribution is 2.21. The molecule has 108 valence electrons. The maximum absolute atomic E-state index is 9.79. The first-order chi connectivity index (χ1) is 10.1. The zero-order valence-corrected chi connectivity index (χ0v) is 14.2. The molecule has 2 heterocycles. The van der Waals surface area contributed by atoms with Crippen LogP contribution in [0.2, 0.25) is 0 Å². The number of phenolic OH excluding ortho intramolecular Hbond substituents is 1. The maximum atomic E-state index is 9.79. The molecule has 21 heavy (non-hydrogen) atoms. The first-order valence-electron chi connectivity index (χ1n) is 6.43. The van der Waals surface area contributed by atoms with E-state index in [4.69, 9.17) is 0 Å². The molecule has 0 aliphatic carbocycles. The third-order valence-electron chi connectivity index (χ3n) is 3.13. The fourth-order valence-electron chi connectivity index (χ4n) is 2.12. The minimum absolute atomic E-state index is 0.296. The zero-order chi connectivity index (χ0) is 14.8. The number of aromatic hydroxyl groups is 1. The van der Waals surface area contributed by atoms with E-state index in [2.05, 4.69) is 42.2 Å². The molecule has 0 bridgehead atoms. The van der Waals surface area contributed by atoms with Crippen LogP contribution in [0, 0.1) is 0 Å². The Morgan fingerprint density at radius 2 is 1.86 bits per heavy atom. The molecule has 0 spiro atoms. The van der Waals surface area contributed by atoms with Gasteiger partial charge in [-0.15, -0.1) is 0 Å². The summed E-state index contributed by atoms with van der Waals surface area (Å²) in [6, 6.07) is 9.35. The Hall–Kier alpha value is -1.37. The number of benzene rings is 1. The minimum atomic E-state index is 0.296. The lowest BCUT2D eigenvalue weighted by Gasteiger charge is -2.06. The molecular weight excluding hydrogens is 398 g/mol. The standard InChI is InChI=1S/C15H13Br2N3O/c16-11-1-3-14(21)10(5-11)6-18-7-13-9-20-8-12(17)2-4-15(20)19-13/h1-5,8-9,18,21H,6-7H2. The third kappa shape index (κ3) is 3.45. The van der Waals surface area contributed by atoms with Crippen LogP contribution in [0.15, 0.2) is 51.7 Å². The van der Waals surface area contributed by atoms with Crippen molar-refractivity contribution in [3.63, 3.8) is 0 Å². The van der Waals surface area contributed by atoms with Crippen molar-refractivity contribution in [1.29, 1.82) is 0 Å². The molecule has 2 N–H and O–H groups in total. The number of hydrogen-bond acceptors (Lipinski definition) is 3. The Bertz CT molecular complexity index is 786. The number of aromatic nitrogens is 2. The number of fused-ring (bicyclic) bond motifs is 1. The second kappa shape index (κ2) is 6.17. The van der Waals surface area contributed by atoms with Crippen molar-refractivity contribution in [3.05, 3.63) is 62.9 Å². The Morgan fingerprint density at radius 3 is 2.71 bits per heavy atom. The van der Waals surface area contributed by atoms with E-state index in [0.717, 1.165) is 25.8 Å². The van der Waals surface area contributed by atoms with Gasteiger partial charge in [-0.2, -0.15) is 0 Å². The monoisotopic (exact) mass is 409 g/mol. The summed E-state index contributed by atoms with van der Waals surface area (Å²) in [5.74, 6) is 0.296. The molecule has 6 heteroatoms. The van der Waals surface area contributed by atoms with Gasteiger partial charge in [0.1, 0.15) is 11.4 Å². The summed E-state index contributed by atoms with van der Waals surface area (Å²) >= 11 is 6.85. The average Bonchev–Trinajstić information content (AvgIpc) is 2.84. The minimum Gasteiger partial charge on any atom is -0.508 e. The number of rotatable bonds is 4. The summed E-state index contributed by atoms with van der Waals surface area (Å²) in [5.41, 5.74) is 2.73. The van der Waals surface area contributed by atoms with Gasteiger partial charge in [0.15, 0.2) is 0 Å². The molecule has 0 aliphatic heterocycles. The van der Waals surface area contributed by atoms with Gasteiger partial charge >= 0.3 is 0 Å². The van der Waals surface area contributed by atoms with Crippen LogP contribution in [0.4, 0.5) is 0 Å². The maximum Gasteiger partial charge on any atom is 0.137 e. The second-order valence-corrected chi connectivity index (χ2v) is 6.55. The Morgan fingerprint density at radius 1 is 1.05 bits per heavy atom. The molecule has 2 aromatic heterocycles. The summed E-state index contributed by atoms with van der Waals surface area (Å²) in [4.78, 5) is 4.53. The zero-order valence-electron chi connectivity index (χ0n) is 11.1. The topological polar surface area (TPSA) is 49.6 Å². The van der Waals surface area contributed by atoms with Crippen LogP contribution in [-0.2, 0) is 13.1 Å². The smallest absolute Gasteiger partial charge is 0.137 e. The molecule has 0 saturated carbocycles. The van der Waals surface area contributed by atoms with Crippen molar-refractivity contribution in [3.8, 4) is 5.75 Å². The predicted octanol–water partition coefficient (Wildman–Crippen LogP) is 3.85. The van der Waals surface area contributed by atoms with E-state index in [9.17, 15) is 5.11 Å². The van der Waals surface area contributed by atoms with Gasteiger partial charge in [-0.05, 0) is 46.3 Å². The molecule has 3 aromatic rings. The van der Waals surface area contributed by atoms with E-state index < -0.39 is 0 Å². The number of imidazole rings is 1. The van der Waals surface area contributed by atoms with Crippen molar-refractivity contribution < 1.29 is 5.11 Å². The SMILES string of the molecule is Oc1ccc(Br)cc1CNCc1cn2cc(Br)ccc2n1. The molecule has 0 fully saturated rings. The molecule has 0 aliphatic rings. The van der Waals surface area contributed by atoms with E-state index >= 15 is 0 Å². The summed E-state index contributed by atoms with van der Waals surface area (Å²) in [6.07, 6.45) is 3.97. The normalized spacial score (nSPS) is 11.1. The highest BCUT2D eigenvalue weighted by molar-refractivity contribution is 9.10. The van der Waals surface area contributed by atoms with Crippen LogP contribution in [0.3, 0.4) is 0 Å². The van der Waals surface area contributed by atoms with E-state index in [1.54, 1.807) is 6.07 Å². The van der Waals surface area contributed by atoms with Crippen molar-refractivity contribution >= 4 is 37.5 Å². The molecule has 4 nitrogen and oxygen atoms in total. The summed E-state index contributed by atoms with van der Waals surface area (Å²) in [5, 5.41) is 13.1. The fraction of sp³-hybridized carbons (Fsp3) is 0.133. The van der Waals surface area contributed by atoms with Crippen LogP contribution >= 0.6 is 31.9 Å². The molecule has 0 saturated heterocycles. The lowest BCUT2D eigenvalue weighted by Crippen LogP contribution is -2.13. The van der Waals surface area contributed by atoms with Crippen LogP contribution in [0.25, 0.3) is 5.65 Å². The van der Waals surface area contributed by atoms with Crippen molar-refractivity contribution in [2.75, 3.05) is 0 Å². The van der Waals surface area contributed by atoms with E-state index in [1.807, 2.05) is 41.1 Å².